The van der Waals surface area contributed by atoms with E-state index in [-0.39, 0.29) is 5.91 Å². The van der Waals surface area contributed by atoms with E-state index < -0.39 is 12.0 Å². The molecule has 19 heavy (non-hydrogen) atoms. The van der Waals surface area contributed by atoms with E-state index in [0.29, 0.717) is 18.5 Å². The van der Waals surface area contributed by atoms with Crippen LogP contribution in [0.4, 0.5) is 0 Å². The maximum absolute atomic E-state index is 12.5. The van der Waals surface area contributed by atoms with E-state index in [2.05, 4.69) is 67.8 Å². The SMILES string of the molecule is O=C(O)[C@H]1CCCN1C(=O)c1cc(I)cc(I)c1I. The summed E-state index contributed by atoms with van der Waals surface area (Å²) in [6, 6.07) is 3.14. The second kappa shape index (κ2) is 6.41. The summed E-state index contributed by atoms with van der Waals surface area (Å²) >= 11 is 6.50. The monoisotopic (exact) mass is 597 g/mol. The van der Waals surface area contributed by atoms with Crippen LogP contribution in [-0.4, -0.2) is 34.5 Å². The van der Waals surface area contributed by atoms with E-state index in [0.717, 1.165) is 17.1 Å². The van der Waals surface area contributed by atoms with Gasteiger partial charge < -0.3 is 10.0 Å². The Bertz CT molecular complexity index is 547. The minimum atomic E-state index is -0.916. The van der Waals surface area contributed by atoms with Gasteiger partial charge in [0, 0.05) is 17.3 Å². The van der Waals surface area contributed by atoms with Crippen LogP contribution in [0.3, 0.4) is 0 Å². The number of nitrogens with zero attached hydrogens (tertiary/aromatic N) is 1. The zero-order chi connectivity index (χ0) is 14.2. The fraction of sp³-hybridized carbons (Fsp3) is 0.333. The highest BCUT2D eigenvalue weighted by Crippen LogP contribution is 2.27. The number of benzene rings is 1. The van der Waals surface area contributed by atoms with Crippen LogP contribution in [0, 0.1) is 10.7 Å². The van der Waals surface area contributed by atoms with Gasteiger partial charge in [-0.3, -0.25) is 4.79 Å². The maximum atomic E-state index is 12.5. The lowest BCUT2D eigenvalue weighted by Gasteiger charge is -2.22. The summed E-state index contributed by atoms with van der Waals surface area (Å²) < 4.78 is 2.89. The molecule has 1 aliphatic rings. The summed E-state index contributed by atoms with van der Waals surface area (Å²) in [5, 5.41) is 9.16. The van der Waals surface area contributed by atoms with E-state index in [1.807, 2.05) is 12.1 Å². The highest BCUT2D eigenvalue weighted by atomic mass is 127. The first-order chi connectivity index (χ1) is 8.91. The number of amides is 1. The molecule has 0 unspecified atom stereocenters. The number of aliphatic carboxylic acids is 1. The zero-order valence-electron chi connectivity index (χ0n) is 9.70. The van der Waals surface area contributed by atoms with Crippen LogP contribution in [-0.2, 0) is 4.79 Å². The number of carbonyl (C=O) groups is 2. The molecule has 1 atom stereocenters. The van der Waals surface area contributed by atoms with Gasteiger partial charge in [-0.2, -0.15) is 0 Å². The van der Waals surface area contributed by atoms with Crippen LogP contribution in [0.1, 0.15) is 23.2 Å². The maximum Gasteiger partial charge on any atom is 0.326 e. The molecule has 1 amide bonds. The summed E-state index contributed by atoms with van der Waals surface area (Å²) in [7, 11) is 0. The summed E-state index contributed by atoms with van der Waals surface area (Å²) in [6.45, 7) is 0.522. The van der Waals surface area contributed by atoms with Gasteiger partial charge >= 0.3 is 5.97 Å². The van der Waals surface area contributed by atoms with Crippen LogP contribution < -0.4 is 0 Å². The molecule has 1 saturated heterocycles. The highest BCUT2D eigenvalue weighted by molar-refractivity contribution is 14.1. The average molecular weight is 597 g/mol. The lowest BCUT2D eigenvalue weighted by atomic mass is 10.1. The summed E-state index contributed by atoms with van der Waals surface area (Å²) in [5.41, 5.74) is 0.602. The first-order valence-corrected chi connectivity index (χ1v) is 8.83. The van der Waals surface area contributed by atoms with Crippen LogP contribution in [0.25, 0.3) is 0 Å². The molecule has 1 aromatic carbocycles. The average Bonchev–Trinajstić information content (AvgIpc) is 2.82. The molecule has 1 aliphatic heterocycles. The van der Waals surface area contributed by atoms with E-state index in [9.17, 15) is 9.59 Å². The Balaban J connectivity index is 2.37. The lowest BCUT2D eigenvalue weighted by Crippen LogP contribution is -2.40. The van der Waals surface area contributed by atoms with Crippen LogP contribution in [0.5, 0.6) is 0 Å². The van der Waals surface area contributed by atoms with Gasteiger partial charge in [0.25, 0.3) is 5.91 Å². The Labute approximate surface area is 151 Å². The molecule has 0 spiro atoms. The Morgan fingerprint density at radius 3 is 2.58 bits per heavy atom. The Morgan fingerprint density at radius 1 is 1.26 bits per heavy atom. The highest BCUT2D eigenvalue weighted by Gasteiger charge is 2.35. The summed E-state index contributed by atoms with van der Waals surface area (Å²) in [4.78, 5) is 25.2. The molecule has 1 heterocycles. The molecule has 1 N–H and O–H groups in total. The molecule has 0 aromatic heterocycles. The Kier molecular flexibility index (Phi) is 5.31. The van der Waals surface area contributed by atoms with E-state index in [4.69, 9.17) is 5.11 Å². The molecule has 7 heteroatoms. The van der Waals surface area contributed by atoms with Gasteiger partial charge in [-0.1, -0.05) is 0 Å². The van der Waals surface area contributed by atoms with Gasteiger partial charge in [0.2, 0.25) is 0 Å². The number of hydrogen-bond donors (Lipinski definition) is 1. The molecular weight excluding hydrogens is 587 g/mol. The first-order valence-electron chi connectivity index (χ1n) is 5.60. The van der Waals surface area contributed by atoms with Crippen molar-refractivity contribution in [3.8, 4) is 0 Å². The van der Waals surface area contributed by atoms with Crippen molar-refractivity contribution in [3.63, 3.8) is 0 Å². The smallest absolute Gasteiger partial charge is 0.326 e. The lowest BCUT2D eigenvalue weighted by molar-refractivity contribution is -0.141. The fourth-order valence-electron chi connectivity index (χ4n) is 2.13. The molecule has 2 rings (SSSR count). The van der Waals surface area contributed by atoms with Crippen molar-refractivity contribution >= 4 is 79.6 Å². The summed E-state index contributed by atoms with van der Waals surface area (Å²) in [5.74, 6) is -1.09. The van der Waals surface area contributed by atoms with E-state index in [1.165, 1.54) is 4.90 Å². The van der Waals surface area contributed by atoms with Crippen molar-refractivity contribution in [2.45, 2.75) is 18.9 Å². The molecule has 1 aromatic rings. The molecule has 1 fully saturated rings. The van der Waals surface area contributed by atoms with Crippen molar-refractivity contribution in [1.82, 2.24) is 4.90 Å². The van der Waals surface area contributed by atoms with Crippen molar-refractivity contribution in [1.29, 1.82) is 0 Å². The molecule has 0 aliphatic carbocycles. The number of hydrogen-bond acceptors (Lipinski definition) is 2. The van der Waals surface area contributed by atoms with Crippen molar-refractivity contribution in [2.75, 3.05) is 6.54 Å². The van der Waals surface area contributed by atoms with Gasteiger partial charge in [0.15, 0.2) is 0 Å². The van der Waals surface area contributed by atoms with Crippen LogP contribution >= 0.6 is 67.8 Å². The predicted molar refractivity (Wildman–Crippen MR) is 96.3 cm³/mol. The topological polar surface area (TPSA) is 57.6 Å². The third kappa shape index (κ3) is 3.34. The quantitative estimate of drug-likeness (QED) is 0.422. The molecule has 0 bridgehead atoms. The van der Waals surface area contributed by atoms with Gasteiger partial charge in [-0.15, -0.1) is 0 Å². The van der Waals surface area contributed by atoms with Crippen molar-refractivity contribution < 1.29 is 14.7 Å². The first kappa shape index (κ1) is 15.7. The fourth-order valence-corrected chi connectivity index (χ4v) is 4.52. The molecule has 0 saturated carbocycles. The van der Waals surface area contributed by atoms with Crippen LogP contribution in [0.15, 0.2) is 12.1 Å². The van der Waals surface area contributed by atoms with Gasteiger partial charge in [0.1, 0.15) is 6.04 Å². The van der Waals surface area contributed by atoms with Crippen molar-refractivity contribution in [2.24, 2.45) is 0 Å². The zero-order valence-corrected chi connectivity index (χ0v) is 16.2. The minimum absolute atomic E-state index is 0.175. The number of rotatable bonds is 2. The third-order valence-electron chi connectivity index (χ3n) is 3.02. The Morgan fingerprint density at radius 2 is 1.95 bits per heavy atom. The normalized spacial score (nSPS) is 18.7. The minimum Gasteiger partial charge on any atom is -0.480 e. The predicted octanol–water partition coefficient (Wildman–Crippen LogP) is 3.19. The van der Waals surface area contributed by atoms with Crippen molar-refractivity contribution in [3.05, 3.63) is 28.4 Å². The van der Waals surface area contributed by atoms with Gasteiger partial charge in [-0.25, -0.2) is 4.79 Å². The molecule has 4 nitrogen and oxygen atoms in total. The number of carboxylic acid groups (broad SMARTS) is 1. The number of halogens is 3. The number of carbonyl (C=O) groups excluding carboxylic acids is 1. The van der Waals surface area contributed by atoms with Gasteiger partial charge in [0.05, 0.1) is 5.56 Å². The summed E-state index contributed by atoms with van der Waals surface area (Å²) in [6.07, 6.45) is 1.29. The van der Waals surface area contributed by atoms with Crippen LogP contribution in [0.2, 0.25) is 0 Å². The number of likely N-dealkylation sites (tertiary alicyclic amines) is 1. The second-order valence-electron chi connectivity index (χ2n) is 4.24. The van der Waals surface area contributed by atoms with E-state index in [1.54, 1.807) is 0 Å². The molecule has 102 valence electrons. The third-order valence-corrected chi connectivity index (χ3v) is 6.69. The largest absolute Gasteiger partial charge is 0.480 e. The van der Waals surface area contributed by atoms with Gasteiger partial charge in [-0.05, 0) is 92.7 Å². The second-order valence-corrected chi connectivity index (χ2v) is 7.73. The number of carboxylic acids is 1. The molecular formula is C12H10I3NO3. The molecule has 0 radical (unpaired) electrons. The van der Waals surface area contributed by atoms with E-state index >= 15 is 0 Å². The Hall–Kier alpha value is 0.350. The standard InChI is InChI=1S/C12H10I3NO3/c13-6-4-7(10(15)8(14)5-6)11(17)16-3-1-2-9(16)12(18)19/h4-5,9H,1-3H2,(H,18,19)/t9-/m1/s1.